The lowest BCUT2D eigenvalue weighted by atomic mass is 9.88. The van der Waals surface area contributed by atoms with Gasteiger partial charge in [-0.3, -0.25) is 23.4 Å². The third-order valence-electron chi connectivity index (χ3n) is 9.66. The Morgan fingerprint density at radius 1 is 0.759 bits per heavy atom. The molecule has 0 aromatic heterocycles. The van der Waals surface area contributed by atoms with Crippen molar-refractivity contribution in [2.75, 3.05) is 33.0 Å². The average Bonchev–Trinajstić information content (AvgIpc) is 3.17. The van der Waals surface area contributed by atoms with E-state index in [0.29, 0.717) is 12.8 Å². The molecule has 0 spiro atoms. The van der Waals surface area contributed by atoms with Gasteiger partial charge in [0, 0.05) is 32.2 Å². The monoisotopic (exact) mass is 830 g/mol. The molecule has 11 heteroatoms. The molecule has 0 saturated carbocycles. The number of rotatable bonds is 34. The molecule has 0 aliphatic heterocycles. The van der Waals surface area contributed by atoms with Crippen LogP contribution >= 0.6 is 7.82 Å². The number of phosphoric ester groups is 1. The number of esters is 2. The lowest BCUT2D eigenvalue weighted by Gasteiger charge is -2.17. The summed E-state index contributed by atoms with van der Waals surface area (Å²) in [6.07, 6.45) is 36.6. The van der Waals surface area contributed by atoms with Crippen molar-refractivity contribution in [1.29, 1.82) is 0 Å². The van der Waals surface area contributed by atoms with E-state index in [2.05, 4.69) is 50.0 Å². The Hall–Kier alpha value is -3.30. The predicted octanol–water partition coefficient (Wildman–Crippen LogP) is 12.0. The van der Waals surface area contributed by atoms with Crippen LogP contribution in [-0.2, 0) is 37.5 Å². The fourth-order valence-electron chi connectivity index (χ4n) is 6.13. The van der Waals surface area contributed by atoms with Gasteiger partial charge in [-0.25, -0.2) is 4.57 Å². The molecule has 0 bridgehead atoms. The first-order valence-electron chi connectivity index (χ1n) is 21.9. The SMILES string of the molecule is C=C1CCCC(C)=C1/C=C/C(C)=C/C=C/C(C)=C/COC(=O)CCCC(=O)NCCOP(=O)(O)OCCCOC(=O)CCCCCCC/C=C\CCCCCCCC. The number of amides is 1. The van der Waals surface area contributed by atoms with Gasteiger partial charge in [0.2, 0.25) is 5.91 Å². The van der Waals surface area contributed by atoms with Crippen molar-refractivity contribution in [3.05, 3.63) is 83.1 Å². The third kappa shape index (κ3) is 30.7. The van der Waals surface area contributed by atoms with Gasteiger partial charge in [-0.2, -0.15) is 0 Å². The van der Waals surface area contributed by atoms with Gasteiger partial charge in [-0.1, -0.05) is 124 Å². The van der Waals surface area contributed by atoms with E-state index in [0.717, 1.165) is 56.1 Å². The molecule has 1 atom stereocenters. The molecular formula is C47H76NO9P. The fourth-order valence-corrected chi connectivity index (χ4v) is 6.89. The molecule has 0 aromatic carbocycles. The lowest BCUT2D eigenvalue weighted by molar-refractivity contribution is -0.144. The van der Waals surface area contributed by atoms with Crippen molar-refractivity contribution in [1.82, 2.24) is 5.32 Å². The van der Waals surface area contributed by atoms with Crippen molar-refractivity contribution in [2.45, 2.75) is 163 Å². The van der Waals surface area contributed by atoms with E-state index in [1.54, 1.807) is 0 Å². The van der Waals surface area contributed by atoms with E-state index in [9.17, 15) is 23.8 Å². The number of hydrogen-bond acceptors (Lipinski definition) is 8. The first-order chi connectivity index (χ1) is 27.9. The van der Waals surface area contributed by atoms with Gasteiger partial charge in [-0.05, 0) is 95.8 Å². The zero-order chi connectivity index (χ0) is 42.7. The Balaban J connectivity index is 2.03. The topological polar surface area (TPSA) is 137 Å². The predicted molar refractivity (Wildman–Crippen MR) is 236 cm³/mol. The molecule has 0 heterocycles. The summed E-state index contributed by atoms with van der Waals surface area (Å²) in [6.45, 7) is 12.5. The first kappa shape index (κ1) is 52.7. The highest BCUT2D eigenvalue weighted by molar-refractivity contribution is 7.47. The second-order valence-electron chi connectivity index (χ2n) is 15.1. The van der Waals surface area contributed by atoms with E-state index in [1.807, 2.05) is 38.2 Å². The highest BCUT2D eigenvalue weighted by Gasteiger charge is 2.20. The Morgan fingerprint density at radius 3 is 2.10 bits per heavy atom. The largest absolute Gasteiger partial charge is 0.472 e. The highest BCUT2D eigenvalue weighted by Crippen LogP contribution is 2.42. The summed E-state index contributed by atoms with van der Waals surface area (Å²) in [5, 5.41) is 2.58. The summed E-state index contributed by atoms with van der Waals surface area (Å²) >= 11 is 0. The van der Waals surface area contributed by atoms with Gasteiger partial charge in [0.25, 0.3) is 0 Å². The Bertz CT molecular complexity index is 1440. The quantitative estimate of drug-likeness (QED) is 0.0213. The molecule has 1 aliphatic rings. The first-order valence-corrected chi connectivity index (χ1v) is 23.4. The molecule has 1 amide bonds. The zero-order valence-corrected chi connectivity index (χ0v) is 37.3. The van der Waals surface area contributed by atoms with Crippen molar-refractivity contribution in [2.24, 2.45) is 0 Å². The van der Waals surface area contributed by atoms with E-state index in [1.165, 1.54) is 74.5 Å². The van der Waals surface area contributed by atoms with Crippen molar-refractivity contribution >= 4 is 25.7 Å². The number of carbonyl (C=O) groups is 3. The number of phosphoric acid groups is 1. The van der Waals surface area contributed by atoms with Crippen LogP contribution in [0.15, 0.2) is 83.1 Å². The maximum atomic E-state index is 12.1. The van der Waals surface area contributed by atoms with Crippen LogP contribution in [0.25, 0.3) is 0 Å². The van der Waals surface area contributed by atoms with E-state index in [-0.39, 0.29) is 64.1 Å². The second kappa shape index (κ2) is 34.6. The summed E-state index contributed by atoms with van der Waals surface area (Å²) in [4.78, 5) is 46.0. The minimum absolute atomic E-state index is 0.00125. The van der Waals surface area contributed by atoms with Crippen LogP contribution in [0.3, 0.4) is 0 Å². The normalized spacial score (nSPS) is 15.2. The van der Waals surface area contributed by atoms with Crippen LogP contribution in [0.5, 0.6) is 0 Å². The van der Waals surface area contributed by atoms with Gasteiger partial charge >= 0.3 is 19.8 Å². The van der Waals surface area contributed by atoms with E-state index in [4.69, 9.17) is 18.5 Å². The number of allylic oxidation sites excluding steroid dienone is 12. The molecule has 0 saturated heterocycles. The molecule has 0 radical (unpaired) electrons. The lowest BCUT2D eigenvalue weighted by Crippen LogP contribution is -2.27. The minimum atomic E-state index is -4.31. The van der Waals surface area contributed by atoms with Crippen LogP contribution in [0, 0.1) is 0 Å². The standard InChI is InChI=1S/C47H76NO9P/c1-6-7-8-9-10-11-12-13-14-15-16-17-18-19-20-30-46(50)54-36-24-37-56-58(52,53)57-39-35-48-45(49)29-23-31-47(51)55-38-34-41(3)26-21-25-40(2)32-33-44-42(4)27-22-28-43(44)5/h13-14,21,25-26,32-34H,4,6-12,15-20,22-24,27-31,35-39H2,1-3,5H3,(H,48,49)(H,52,53)/b14-13-,26-21+,33-32+,40-25+,41-34+. The molecule has 2 N–H and O–H groups in total. The zero-order valence-electron chi connectivity index (χ0n) is 36.4. The van der Waals surface area contributed by atoms with Crippen molar-refractivity contribution < 1.29 is 42.4 Å². The number of carbonyl (C=O) groups excluding carboxylic acids is 3. The molecule has 328 valence electrons. The fraction of sp³-hybridized carbons (Fsp3) is 0.638. The summed E-state index contributed by atoms with van der Waals surface area (Å²) in [5.74, 6) is -0.994. The Labute approximate surface area is 351 Å². The number of ether oxygens (including phenoxy) is 2. The van der Waals surface area contributed by atoms with E-state index < -0.39 is 13.8 Å². The molecule has 58 heavy (non-hydrogen) atoms. The van der Waals surface area contributed by atoms with Crippen LogP contribution in [0.2, 0.25) is 0 Å². The van der Waals surface area contributed by atoms with Gasteiger partial charge in [0.05, 0.1) is 19.8 Å². The van der Waals surface area contributed by atoms with Crippen molar-refractivity contribution in [3.63, 3.8) is 0 Å². The summed E-state index contributed by atoms with van der Waals surface area (Å²) < 4.78 is 32.4. The second-order valence-corrected chi connectivity index (χ2v) is 16.6. The van der Waals surface area contributed by atoms with Gasteiger partial charge in [0.1, 0.15) is 6.61 Å². The smallest absolute Gasteiger partial charge is 0.466 e. The maximum Gasteiger partial charge on any atom is 0.472 e. The maximum absolute atomic E-state index is 12.1. The van der Waals surface area contributed by atoms with Crippen molar-refractivity contribution in [3.8, 4) is 0 Å². The Morgan fingerprint density at radius 2 is 1.40 bits per heavy atom. The third-order valence-corrected chi connectivity index (χ3v) is 10.7. The summed E-state index contributed by atoms with van der Waals surface area (Å²) in [5.41, 5.74) is 5.93. The molecule has 1 unspecified atom stereocenters. The van der Waals surface area contributed by atoms with Crippen LogP contribution in [0.4, 0.5) is 0 Å². The molecule has 0 aromatic rings. The van der Waals surface area contributed by atoms with E-state index >= 15 is 0 Å². The summed E-state index contributed by atoms with van der Waals surface area (Å²) in [7, 11) is -4.31. The Kier molecular flexibility index (Phi) is 31.4. The highest BCUT2D eigenvalue weighted by atomic mass is 31.2. The molecular weight excluding hydrogens is 753 g/mol. The molecule has 1 rings (SSSR count). The minimum Gasteiger partial charge on any atom is -0.466 e. The molecule has 10 nitrogen and oxygen atoms in total. The van der Waals surface area contributed by atoms with Crippen LogP contribution < -0.4 is 5.32 Å². The average molecular weight is 830 g/mol. The van der Waals surface area contributed by atoms with Crippen LogP contribution in [-0.4, -0.2) is 55.7 Å². The summed E-state index contributed by atoms with van der Waals surface area (Å²) in [6, 6.07) is 0. The number of nitrogens with one attached hydrogen (secondary N) is 1. The number of hydrogen-bond donors (Lipinski definition) is 2. The van der Waals surface area contributed by atoms with Gasteiger partial charge in [0.15, 0.2) is 0 Å². The molecule has 1 aliphatic carbocycles. The van der Waals surface area contributed by atoms with Gasteiger partial charge in [-0.15, -0.1) is 0 Å². The number of unbranched alkanes of at least 4 members (excludes halogenated alkanes) is 11. The van der Waals surface area contributed by atoms with Crippen LogP contribution in [0.1, 0.15) is 163 Å². The van der Waals surface area contributed by atoms with Gasteiger partial charge < -0.3 is 19.7 Å². The molecule has 0 fully saturated rings.